The van der Waals surface area contributed by atoms with E-state index in [2.05, 4.69) is 10.3 Å². The van der Waals surface area contributed by atoms with Crippen LogP contribution >= 0.6 is 0 Å². The number of rotatable bonds is 5. The summed E-state index contributed by atoms with van der Waals surface area (Å²) in [4.78, 5) is 29.5. The van der Waals surface area contributed by atoms with Gasteiger partial charge in [0.05, 0.1) is 17.2 Å². The second kappa shape index (κ2) is 7.24. The molecule has 2 aromatic carbocycles. The quantitative estimate of drug-likeness (QED) is 0.720. The van der Waals surface area contributed by atoms with Crippen LogP contribution in [0.15, 0.2) is 47.5 Å². The lowest BCUT2D eigenvalue weighted by atomic mass is 9.84. The highest BCUT2D eigenvalue weighted by atomic mass is 16.7. The number of fused-ring (bicyclic) bond motifs is 2. The van der Waals surface area contributed by atoms with Crippen LogP contribution in [0.5, 0.6) is 11.5 Å². The van der Waals surface area contributed by atoms with Crippen molar-refractivity contribution in [1.29, 1.82) is 0 Å². The molecular weight excluding hydrogens is 370 g/mol. The molecule has 29 heavy (non-hydrogen) atoms. The number of nitrogens with zero attached hydrogens (tertiary/aromatic N) is 2. The molecule has 0 spiro atoms. The van der Waals surface area contributed by atoms with Gasteiger partial charge in [-0.05, 0) is 36.2 Å². The highest BCUT2D eigenvalue weighted by molar-refractivity contribution is 5.81. The third-order valence-electron chi connectivity index (χ3n) is 5.25. The van der Waals surface area contributed by atoms with Gasteiger partial charge < -0.3 is 14.8 Å². The van der Waals surface area contributed by atoms with E-state index in [-0.39, 0.29) is 30.2 Å². The lowest BCUT2D eigenvalue weighted by molar-refractivity contribution is -0.121. The predicted octanol–water partition coefficient (Wildman–Crippen LogP) is 2.53. The Morgan fingerprint density at radius 1 is 1.21 bits per heavy atom. The minimum Gasteiger partial charge on any atom is -0.454 e. The first-order valence-corrected chi connectivity index (χ1v) is 9.47. The Morgan fingerprint density at radius 2 is 2.00 bits per heavy atom. The predicted molar refractivity (Wildman–Crippen MR) is 109 cm³/mol. The molecule has 1 N–H and O–H groups in total. The van der Waals surface area contributed by atoms with Gasteiger partial charge in [0.25, 0.3) is 5.56 Å². The molecule has 2 heterocycles. The Labute approximate surface area is 168 Å². The summed E-state index contributed by atoms with van der Waals surface area (Å²) in [7, 11) is 0. The highest BCUT2D eigenvalue weighted by Crippen LogP contribution is 2.36. The van der Waals surface area contributed by atoms with Crippen molar-refractivity contribution < 1.29 is 14.3 Å². The van der Waals surface area contributed by atoms with E-state index in [1.165, 1.54) is 10.9 Å². The molecule has 1 aromatic heterocycles. The molecule has 4 rings (SSSR count). The van der Waals surface area contributed by atoms with Crippen molar-refractivity contribution in [1.82, 2.24) is 14.9 Å². The van der Waals surface area contributed by atoms with Gasteiger partial charge in [-0.25, -0.2) is 4.98 Å². The van der Waals surface area contributed by atoms with E-state index in [4.69, 9.17) is 9.47 Å². The summed E-state index contributed by atoms with van der Waals surface area (Å²) < 4.78 is 12.1. The van der Waals surface area contributed by atoms with Crippen LogP contribution in [0.1, 0.15) is 25.0 Å². The number of aromatic nitrogens is 2. The number of benzene rings is 2. The van der Waals surface area contributed by atoms with Crippen molar-refractivity contribution in [2.45, 2.75) is 32.7 Å². The van der Waals surface area contributed by atoms with Crippen molar-refractivity contribution in [3.63, 3.8) is 0 Å². The summed E-state index contributed by atoms with van der Waals surface area (Å²) in [6, 6.07) is 11.2. The first-order valence-electron chi connectivity index (χ1n) is 9.47. The molecule has 1 aliphatic heterocycles. The van der Waals surface area contributed by atoms with Crippen LogP contribution in [0.25, 0.3) is 10.9 Å². The third kappa shape index (κ3) is 3.68. The molecule has 7 nitrogen and oxygen atoms in total. The van der Waals surface area contributed by atoms with Gasteiger partial charge >= 0.3 is 0 Å². The molecular formula is C22H23N3O4. The highest BCUT2D eigenvalue weighted by Gasteiger charge is 2.24. The Bertz CT molecular complexity index is 1150. The zero-order valence-electron chi connectivity index (χ0n) is 16.7. The first kappa shape index (κ1) is 19.0. The van der Waals surface area contributed by atoms with Gasteiger partial charge in [-0.2, -0.15) is 0 Å². The standard InChI is InChI=1S/C22H23N3O4/c1-14-5-4-6-16-20(14)24-12-25(21(16)27)10-19(26)23-11-22(2,3)15-7-8-17-18(9-15)29-13-28-17/h4-9,12H,10-11,13H2,1-3H3,(H,23,26). The molecule has 0 aliphatic carbocycles. The Kier molecular flexibility index (Phi) is 4.74. The van der Waals surface area contributed by atoms with Gasteiger partial charge in [-0.1, -0.05) is 32.0 Å². The maximum Gasteiger partial charge on any atom is 0.261 e. The van der Waals surface area contributed by atoms with E-state index in [1.807, 2.05) is 51.1 Å². The maximum atomic E-state index is 12.7. The van der Waals surface area contributed by atoms with Crippen LogP contribution in [-0.4, -0.2) is 28.8 Å². The van der Waals surface area contributed by atoms with Gasteiger partial charge in [0.15, 0.2) is 11.5 Å². The minimum atomic E-state index is -0.319. The number of carbonyl (C=O) groups is 1. The third-order valence-corrected chi connectivity index (χ3v) is 5.25. The molecule has 0 radical (unpaired) electrons. The summed E-state index contributed by atoms with van der Waals surface area (Å²) in [6.45, 7) is 6.55. The Hall–Kier alpha value is -3.35. The molecule has 0 saturated heterocycles. The second-order valence-corrected chi connectivity index (χ2v) is 7.88. The summed E-state index contributed by atoms with van der Waals surface area (Å²) in [5, 5.41) is 3.44. The van der Waals surface area contributed by atoms with Crippen molar-refractivity contribution in [3.8, 4) is 11.5 Å². The largest absolute Gasteiger partial charge is 0.454 e. The van der Waals surface area contributed by atoms with E-state index < -0.39 is 0 Å². The fourth-order valence-electron chi connectivity index (χ4n) is 3.40. The number of aryl methyl sites for hydroxylation is 1. The smallest absolute Gasteiger partial charge is 0.261 e. The lowest BCUT2D eigenvalue weighted by Gasteiger charge is -2.26. The van der Waals surface area contributed by atoms with Crippen LogP contribution in [0, 0.1) is 6.92 Å². The van der Waals surface area contributed by atoms with Gasteiger partial charge in [0.1, 0.15) is 6.54 Å². The minimum absolute atomic E-state index is 0.0765. The van der Waals surface area contributed by atoms with Gasteiger partial charge in [0.2, 0.25) is 12.7 Å². The molecule has 0 fully saturated rings. The van der Waals surface area contributed by atoms with Crippen molar-refractivity contribution in [2.75, 3.05) is 13.3 Å². The van der Waals surface area contributed by atoms with Crippen LogP contribution in [0.4, 0.5) is 0 Å². The van der Waals surface area contributed by atoms with E-state index in [1.54, 1.807) is 6.07 Å². The van der Waals surface area contributed by atoms with Crippen LogP contribution < -0.4 is 20.3 Å². The van der Waals surface area contributed by atoms with Gasteiger partial charge in [-0.15, -0.1) is 0 Å². The van der Waals surface area contributed by atoms with Gasteiger partial charge in [-0.3, -0.25) is 14.2 Å². The van der Waals surface area contributed by atoms with Crippen LogP contribution in [0.3, 0.4) is 0 Å². The van der Waals surface area contributed by atoms with Crippen LogP contribution in [-0.2, 0) is 16.8 Å². The molecule has 1 amide bonds. The molecule has 150 valence electrons. The number of para-hydroxylation sites is 1. The van der Waals surface area contributed by atoms with Crippen LogP contribution in [0.2, 0.25) is 0 Å². The van der Waals surface area contributed by atoms with Crippen molar-refractivity contribution in [3.05, 3.63) is 64.2 Å². The zero-order chi connectivity index (χ0) is 20.6. The molecule has 0 saturated carbocycles. The number of hydrogen-bond acceptors (Lipinski definition) is 5. The maximum absolute atomic E-state index is 12.7. The fourth-order valence-corrected chi connectivity index (χ4v) is 3.40. The molecule has 7 heteroatoms. The number of hydrogen-bond donors (Lipinski definition) is 1. The molecule has 1 aliphatic rings. The molecule has 0 atom stereocenters. The Balaban J connectivity index is 1.45. The summed E-state index contributed by atoms with van der Waals surface area (Å²) >= 11 is 0. The normalized spacial score (nSPS) is 12.9. The van der Waals surface area contributed by atoms with E-state index in [0.29, 0.717) is 23.2 Å². The second-order valence-electron chi connectivity index (χ2n) is 7.88. The first-order chi connectivity index (χ1) is 13.8. The average molecular weight is 393 g/mol. The molecule has 3 aromatic rings. The topological polar surface area (TPSA) is 82.5 Å². The number of amides is 1. The van der Waals surface area contributed by atoms with Crippen molar-refractivity contribution in [2.24, 2.45) is 0 Å². The van der Waals surface area contributed by atoms with E-state index in [0.717, 1.165) is 16.9 Å². The number of nitrogens with one attached hydrogen (secondary N) is 1. The summed E-state index contributed by atoms with van der Waals surface area (Å²) in [5.41, 5.74) is 2.09. The summed E-state index contributed by atoms with van der Waals surface area (Å²) in [6.07, 6.45) is 1.43. The molecule has 0 bridgehead atoms. The number of ether oxygens (including phenoxy) is 2. The average Bonchev–Trinajstić information content (AvgIpc) is 3.17. The zero-order valence-corrected chi connectivity index (χ0v) is 16.7. The number of carbonyl (C=O) groups excluding carboxylic acids is 1. The summed E-state index contributed by atoms with van der Waals surface area (Å²) in [5.74, 6) is 1.20. The SMILES string of the molecule is Cc1cccc2c(=O)n(CC(=O)NCC(C)(C)c3ccc4c(c3)OCO4)cnc12. The Morgan fingerprint density at radius 3 is 2.83 bits per heavy atom. The fraction of sp³-hybridized carbons (Fsp3) is 0.318. The van der Waals surface area contributed by atoms with E-state index >= 15 is 0 Å². The molecule has 0 unspecified atom stereocenters. The van der Waals surface area contributed by atoms with Gasteiger partial charge in [0, 0.05) is 12.0 Å². The van der Waals surface area contributed by atoms with E-state index in [9.17, 15) is 9.59 Å². The van der Waals surface area contributed by atoms with Crippen molar-refractivity contribution >= 4 is 16.8 Å². The lowest BCUT2D eigenvalue weighted by Crippen LogP contribution is -2.39. The monoisotopic (exact) mass is 393 g/mol.